The summed E-state index contributed by atoms with van der Waals surface area (Å²) >= 11 is 5.86. The molecule has 1 atom stereocenters. The molecule has 4 nitrogen and oxygen atoms in total. The van der Waals surface area contributed by atoms with Crippen LogP contribution in [0.15, 0.2) is 18.2 Å². The number of benzene rings is 1. The molecule has 1 aromatic carbocycles. The fourth-order valence-electron chi connectivity index (χ4n) is 1.55. The maximum Gasteiger partial charge on any atom is 0.267 e. The van der Waals surface area contributed by atoms with Crippen molar-refractivity contribution in [3.05, 3.63) is 28.8 Å². The Morgan fingerprint density at radius 3 is 3.00 bits per heavy atom. The number of nitrogens with zero attached hydrogens (tertiary/aromatic N) is 1. The number of hydrogen-bond donors (Lipinski definition) is 2. The first-order valence-corrected chi connectivity index (χ1v) is 4.55. The molecule has 0 aromatic heterocycles. The standard InChI is InChI=1S/C9H9ClN2O2/c10-6-3-1-2-5-4-7(11)9(13)12(14)8(5)6/h1-3,7,14H,4,11H2/t7-/m0/s1. The molecule has 0 fully saturated rings. The normalized spacial score (nSPS) is 20.9. The van der Waals surface area contributed by atoms with Crippen LogP contribution in [0.2, 0.25) is 5.02 Å². The van der Waals surface area contributed by atoms with E-state index in [9.17, 15) is 10.0 Å². The molecule has 74 valence electrons. The Balaban J connectivity index is 2.56. The zero-order valence-corrected chi connectivity index (χ0v) is 8.03. The summed E-state index contributed by atoms with van der Waals surface area (Å²) in [7, 11) is 0. The van der Waals surface area contributed by atoms with Crippen molar-refractivity contribution in [3.63, 3.8) is 0 Å². The minimum absolute atomic E-state index is 0.348. The average Bonchev–Trinajstić information content (AvgIpc) is 2.14. The number of carbonyl (C=O) groups excluding carboxylic acids is 1. The summed E-state index contributed by atoms with van der Waals surface area (Å²) < 4.78 is 0. The molecule has 1 heterocycles. The van der Waals surface area contributed by atoms with Crippen LogP contribution in [0, 0.1) is 0 Å². The quantitative estimate of drug-likeness (QED) is 0.630. The Morgan fingerprint density at radius 1 is 1.57 bits per heavy atom. The zero-order chi connectivity index (χ0) is 10.3. The highest BCUT2D eigenvalue weighted by molar-refractivity contribution is 6.34. The number of rotatable bonds is 0. The molecular formula is C9H9ClN2O2. The van der Waals surface area contributed by atoms with Crippen molar-refractivity contribution in [2.75, 3.05) is 5.06 Å². The third kappa shape index (κ3) is 1.28. The Bertz CT molecular complexity index is 394. The SMILES string of the molecule is N[C@H]1Cc2cccc(Cl)c2N(O)C1=O. The molecular weight excluding hydrogens is 204 g/mol. The van der Waals surface area contributed by atoms with Crippen LogP contribution in [-0.4, -0.2) is 17.2 Å². The number of halogens is 1. The van der Waals surface area contributed by atoms with Crippen LogP contribution in [0.3, 0.4) is 0 Å². The molecule has 0 unspecified atom stereocenters. The van der Waals surface area contributed by atoms with E-state index in [0.29, 0.717) is 22.2 Å². The van der Waals surface area contributed by atoms with Crippen LogP contribution in [0.1, 0.15) is 5.56 Å². The number of amides is 1. The van der Waals surface area contributed by atoms with Crippen molar-refractivity contribution in [1.29, 1.82) is 0 Å². The van der Waals surface area contributed by atoms with E-state index < -0.39 is 11.9 Å². The summed E-state index contributed by atoms with van der Waals surface area (Å²) in [4.78, 5) is 11.3. The molecule has 0 saturated heterocycles. The second kappa shape index (κ2) is 3.24. The van der Waals surface area contributed by atoms with Gasteiger partial charge in [0.1, 0.15) is 0 Å². The summed E-state index contributed by atoms with van der Waals surface area (Å²) in [5.74, 6) is -0.523. The van der Waals surface area contributed by atoms with Crippen LogP contribution >= 0.6 is 11.6 Å². The lowest BCUT2D eigenvalue weighted by molar-refractivity contribution is -0.125. The van der Waals surface area contributed by atoms with Gasteiger partial charge in [0.2, 0.25) is 0 Å². The van der Waals surface area contributed by atoms with E-state index in [2.05, 4.69) is 0 Å². The van der Waals surface area contributed by atoms with E-state index in [1.54, 1.807) is 18.2 Å². The summed E-state index contributed by atoms with van der Waals surface area (Å²) in [6.45, 7) is 0. The van der Waals surface area contributed by atoms with Gasteiger partial charge < -0.3 is 5.73 Å². The molecule has 0 spiro atoms. The number of para-hydroxylation sites is 1. The van der Waals surface area contributed by atoms with Gasteiger partial charge in [-0.25, -0.2) is 0 Å². The van der Waals surface area contributed by atoms with E-state index in [0.717, 1.165) is 5.56 Å². The van der Waals surface area contributed by atoms with Gasteiger partial charge in [0, 0.05) is 0 Å². The third-order valence-electron chi connectivity index (χ3n) is 2.25. The molecule has 1 aliphatic heterocycles. The first kappa shape index (κ1) is 9.45. The average molecular weight is 213 g/mol. The summed E-state index contributed by atoms with van der Waals surface area (Å²) in [6, 6.07) is 4.48. The highest BCUT2D eigenvalue weighted by Gasteiger charge is 2.30. The minimum Gasteiger partial charge on any atom is -0.320 e. The molecule has 0 aliphatic carbocycles. The summed E-state index contributed by atoms with van der Waals surface area (Å²) in [5.41, 5.74) is 6.67. The fourth-order valence-corrected chi connectivity index (χ4v) is 1.83. The Morgan fingerprint density at radius 2 is 2.29 bits per heavy atom. The van der Waals surface area contributed by atoms with E-state index in [4.69, 9.17) is 17.3 Å². The van der Waals surface area contributed by atoms with Gasteiger partial charge in [0.15, 0.2) is 0 Å². The van der Waals surface area contributed by atoms with Crippen LogP contribution in [0.4, 0.5) is 5.69 Å². The molecule has 1 aliphatic rings. The second-order valence-corrected chi connectivity index (χ2v) is 3.62. The van der Waals surface area contributed by atoms with Crippen molar-refractivity contribution < 1.29 is 10.0 Å². The fraction of sp³-hybridized carbons (Fsp3) is 0.222. The molecule has 1 aromatic rings. The number of fused-ring (bicyclic) bond motifs is 1. The molecule has 0 bridgehead atoms. The number of hydrogen-bond acceptors (Lipinski definition) is 3. The lowest BCUT2D eigenvalue weighted by Crippen LogP contribution is -2.47. The van der Waals surface area contributed by atoms with Crippen LogP contribution in [-0.2, 0) is 11.2 Å². The van der Waals surface area contributed by atoms with Crippen LogP contribution in [0.25, 0.3) is 0 Å². The predicted octanol–water partition coefficient (Wildman–Crippen LogP) is 0.946. The van der Waals surface area contributed by atoms with Gasteiger partial charge in [-0.15, -0.1) is 0 Å². The van der Waals surface area contributed by atoms with Crippen molar-refractivity contribution in [2.45, 2.75) is 12.5 Å². The Labute approximate surface area is 85.8 Å². The highest BCUT2D eigenvalue weighted by atomic mass is 35.5. The molecule has 0 radical (unpaired) electrons. The zero-order valence-electron chi connectivity index (χ0n) is 7.27. The molecule has 14 heavy (non-hydrogen) atoms. The smallest absolute Gasteiger partial charge is 0.267 e. The van der Waals surface area contributed by atoms with Gasteiger partial charge in [-0.2, -0.15) is 5.06 Å². The first-order valence-electron chi connectivity index (χ1n) is 4.17. The highest BCUT2D eigenvalue weighted by Crippen LogP contribution is 2.32. The topological polar surface area (TPSA) is 66.6 Å². The van der Waals surface area contributed by atoms with E-state index >= 15 is 0 Å². The Hall–Kier alpha value is -1.10. The third-order valence-corrected chi connectivity index (χ3v) is 2.55. The van der Waals surface area contributed by atoms with Gasteiger partial charge in [-0.1, -0.05) is 23.7 Å². The summed E-state index contributed by atoms with van der Waals surface area (Å²) in [5, 5.41) is 10.4. The van der Waals surface area contributed by atoms with Gasteiger partial charge in [-0.05, 0) is 18.1 Å². The van der Waals surface area contributed by atoms with Crippen LogP contribution < -0.4 is 10.8 Å². The molecule has 5 heteroatoms. The lowest BCUT2D eigenvalue weighted by Gasteiger charge is -2.28. The minimum atomic E-state index is -0.689. The van der Waals surface area contributed by atoms with Crippen LogP contribution in [0.5, 0.6) is 0 Å². The van der Waals surface area contributed by atoms with Gasteiger partial charge in [0.05, 0.1) is 16.8 Å². The summed E-state index contributed by atoms with van der Waals surface area (Å²) in [6.07, 6.45) is 0.409. The maximum absolute atomic E-state index is 11.3. The predicted molar refractivity (Wildman–Crippen MR) is 52.4 cm³/mol. The molecule has 3 N–H and O–H groups in total. The number of anilines is 1. The van der Waals surface area contributed by atoms with Crippen molar-refractivity contribution >= 4 is 23.2 Å². The van der Waals surface area contributed by atoms with Crippen molar-refractivity contribution in [3.8, 4) is 0 Å². The van der Waals surface area contributed by atoms with E-state index in [1.807, 2.05) is 0 Å². The maximum atomic E-state index is 11.3. The Kier molecular flexibility index (Phi) is 2.19. The largest absolute Gasteiger partial charge is 0.320 e. The molecule has 0 saturated carbocycles. The number of nitrogens with two attached hydrogens (primary N) is 1. The van der Waals surface area contributed by atoms with Crippen molar-refractivity contribution in [2.24, 2.45) is 5.73 Å². The van der Waals surface area contributed by atoms with E-state index in [-0.39, 0.29) is 0 Å². The second-order valence-electron chi connectivity index (χ2n) is 3.21. The van der Waals surface area contributed by atoms with E-state index in [1.165, 1.54) is 0 Å². The number of hydroxylamine groups is 1. The van der Waals surface area contributed by atoms with Crippen molar-refractivity contribution in [1.82, 2.24) is 0 Å². The monoisotopic (exact) mass is 212 g/mol. The van der Waals surface area contributed by atoms with Gasteiger partial charge in [-0.3, -0.25) is 10.0 Å². The lowest BCUT2D eigenvalue weighted by atomic mass is 9.99. The molecule has 2 rings (SSSR count). The van der Waals surface area contributed by atoms with Gasteiger partial charge >= 0.3 is 0 Å². The number of carbonyl (C=O) groups is 1. The molecule has 1 amide bonds. The van der Waals surface area contributed by atoms with Gasteiger partial charge in [0.25, 0.3) is 5.91 Å². The first-order chi connectivity index (χ1) is 6.61.